The lowest BCUT2D eigenvalue weighted by Crippen LogP contribution is -2.21. The number of aromatic hydroxyl groups is 1. The zero-order chi connectivity index (χ0) is 20.5. The molecular weight excluding hydrogens is 374 g/mol. The lowest BCUT2D eigenvalue weighted by atomic mass is 10.1. The number of nitrogens with zero attached hydrogens (tertiary/aromatic N) is 3. The molecule has 0 fully saturated rings. The van der Waals surface area contributed by atoms with Crippen LogP contribution in [0, 0.1) is 0 Å². The highest BCUT2D eigenvalue weighted by Crippen LogP contribution is 2.33. The summed E-state index contributed by atoms with van der Waals surface area (Å²) in [6.45, 7) is 2.26. The number of rotatable bonds is 4. The van der Waals surface area contributed by atoms with Crippen molar-refractivity contribution in [3.05, 3.63) is 64.4 Å². The Morgan fingerprint density at radius 3 is 2.59 bits per heavy atom. The minimum absolute atomic E-state index is 0.0459. The number of hydrogen-bond acceptors (Lipinski definition) is 7. The number of benzene rings is 2. The van der Waals surface area contributed by atoms with E-state index in [1.165, 1.54) is 7.11 Å². The van der Waals surface area contributed by atoms with E-state index in [1.807, 2.05) is 6.92 Å². The molecule has 8 heteroatoms. The molecule has 1 N–H and O–H groups in total. The second-order valence-electron chi connectivity index (χ2n) is 6.28. The molecule has 4 rings (SSSR count). The van der Waals surface area contributed by atoms with E-state index in [-0.39, 0.29) is 23.0 Å². The number of aromatic nitrogens is 3. The molecule has 0 bridgehead atoms. The van der Waals surface area contributed by atoms with Crippen LogP contribution >= 0.6 is 0 Å². The maximum Gasteiger partial charge on any atom is 0.337 e. The third-order valence-corrected chi connectivity index (χ3v) is 4.67. The molecule has 29 heavy (non-hydrogen) atoms. The van der Waals surface area contributed by atoms with Crippen LogP contribution in [0.2, 0.25) is 0 Å². The van der Waals surface area contributed by atoms with Crippen LogP contribution < -0.4 is 5.56 Å². The zero-order valence-corrected chi connectivity index (χ0v) is 15.7. The number of esters is 1. The van der Waals surface area contributed by atoms with Gasteiger partial charge in [0, 0.05) is 17.5 Å². The fourth-order valence-corrected chi connectivity index (χ4v) is 3.21. The van der Waals surface area contributed by atoms with Gasteiger partial charge in [0.2, 0.25) is 5.82 Å². The monoisotopic (exact) mass is 391 g/mol. The molecule has 0 saturated heterocycles. The van der Waals surface area contributed by atoms with E-state index in [0.717, 1.165) is 0 Å². The van der Waals surface area contributed by atoms with Crippen molar-refractivity contribution in [2.75, 3.05) is 7.11 Å². The number of hydrogen-bond donors (Lipinski definition) is 1. The number of carbonyl (C=O) groups is 1. The summed E-state index contributed by atoms with van der Waals surface area (Å²) in [5, 5.41) is 15.1. The molecule has 0 aliphatic heterocycles. The van der Waals surface area contributed by atoms with Crippen molar-refractivity contribution < 1.29 is 19.2 Å². The highest BCUT2D eigenvalue weighted by Gasteiger charge is 2.22. The van der Waals surface area contributed by atoms with Crippen molar-refractivity contribution in [3.8, 4) is 28.6 Å². The summed E-state index contributed by atoms with van der Waals surface area (Å²) in [4.78, 5) is 28.8. The highest BCUT2D eigenvalue weighted by atomic mass is 16.5. The molecule has 0 aliphatic carbocycles. The predicted molar refractivity (Wildman–Crippen MR) is 106 cm³/mol. The molecule has 0 saturated carbocycles. The number of fused-ring (bicyclic) bond motifs is 1. The Bertz CT molecular complexity index is 1270. The number of pyridine rings is 1. The fraction of sp³-hybridized carbons (Fsp3) is 0.143. The maximum absolute atomic E-state index is 13.0. The van der Waals surface area contributed by atoms with Crippen molar-refractivity contribution >= 4 is 16.9 Å². The Morgan fingerprint density at radius 2 is 1.90 bits per heavy atom. The summed E-state index contributed by atoms with van der Waals surface area (Å²) in [5.74, 6) is -0.503. The molecule has 0 atom stereocenters. The Hall–Kier alpha value is -3.94. The second kappa shape index (κ2) is 7.23. The SMILES string of the molecule is CCn1c(=O)c(-c2nc(-c3ccc(C(=O)OC)cc3)no2)c(O)c2ccccc21. The van der Waals surface area contributed by atoms with Crippen LogP contribution in [0.25, 0.3) is 33.7 Å². The number of aryl methyl sites for hydroxylation is 1. The zero-order valence-electron chi connectivity index (χ0n) is 15.7. The van der Waals surface area contributed by atoms with Crippen LogP contribution in [0.3, 0.4) is 0 Å². The van der Waals surface area contributed by atoms with Crippen LogP contribution in [0.15, 0.2) is 57.8 Å². The topological polar surface area (TPSA) is 107 Å². The molecule has 2 aromatic heterocycles. The van der Waals surface area contributed by atoms with E-state index in [1.54, 1.807) is 53.1 Å². The summed E-state index contributed by atoms with van der Waals surface area (Å²) in [6, 6.07) is 13.5. The van der Waals surface area contributed by atoms with Gasteiger partial charge in [0.25, 0.3) is 11.4 Å². The van der Waals surface area contributed by atoms with Gasteiger partial charge in [0.15, 0.2) is 0 Å². The Kier molecular flexibility index (Phi) is 4.59. The molecule has 0 unspecified atom stereocenters. The van der Waals surface area contributed by atoms with E-state index < -0.39 is 11.5 Å². The first-order valence-electron chi connectivity index (χ1n) is 8.92. The number of para-hydroxylation sites is 1. The largest absolute Gasteiger partial charge is 0.506 e. The first-order valence-corrected chi connectivity index (χ1v) is 8.92. The van der Waals surface area contributed by atoms with E-state index in [0.29, 0.717) is 28.6 Å². The molecule has 0 aliphatic rings. The summed E-state index contributed by atoms with van der Waals surface area (Å²) in [6.07, 6.45) is 0. The van der Waals surface area contributed by atoms with Gasteiger partial charge in [-0.3, -0.25) is 4.79 Å². The van der Waals surface area contributed by atoms with Gasteiger partial charge in [0.1, 0.15) is 11.3 Å². The molecule has 0 spiro atoms. The van der Waals surface area contributed by atoms with Gasteiger partial charge in [0.05, 0.1) is 18.2 Å². The summed E-state index contributed by atoms with van der Waals surface area (Å²) >= 11 is 0. The predicted octanol–water partition coefficient (Wildman–Crippen LogP) is 3.23. The van der Waals surface area contributed by atoms with Crippen molar-refractivity contribution in [3.63, 3.8) is 0 Å². The summed E-state index contributed by atoms with van der Waals surface area (Å²) in [5.41, 5.74) is 1.14. The quantitative estimate of drug-likeness (QED) is 0.532. The Morgan fingerprint density at radius 1 is 1.17 bits per heavy atom. The lowest BCUT2D eigenvalue weighted by Gasteiger charge is -2.11. The van der Waals surface area contributed by atoms with Crippen LogP contribution in [0.4, 0.5) is 0 Å². The van der Waals surface area contributed by atoms with Gasteiger partial charge in [-0.2, -0.15) is 4.98 Å². The van der Waals surface area contributed by atoms with Crippen molar-refractivity contribution in [2.24, 2.45) is 0 Å². The minimum Gasteiger partial charge on any atom is -0.506 e. The van der Waals surface area contributed by atoms with Crippen LogP contribution in [0.1, 0.15) is 17.3 Å². The highest BCUT2D eigenvalue weighted by molar-refractivity contribution is 5.91. The molecule has 2 aromatic carbocycles. The average Bonchev–Trinajstić information content (AvgIpc) is 3.23. The first-order chi connectivity index (χ1) is 14.0. The van der Waals surface area contributed by atoms with E-state index in [2.05, 4.69) is 14.9 Å². The van der Waals surface area contributed by atoms with E-state index in [9.17, 15) is 14.7 Å². The lowest BCUT2D eigenvalue weighted by molar-refractivity contribution is 0.0600. The fourth-order valence-electron chi connectivity index (χ4n) is 3.21. The van der Waals surface area contributed by atoms with E-state index in [4.69, 9.17) is 4.52 Å². The number of ether oxygens (including phenoxy) is 1. The standard InChI is InChI=1S/C21H17N3O5/c1-3-24-15-7-5-4-6-14(15)17(25)16(20(24)26)19-22-18(23-29-19)12-8-10-13(11-9-12)21(27)28-2/h4-11,25H,3H2,1-2H3. The smallest absolute Gasteiger partial charge is 0.337 e. The Labute approximate surface area is 165 Å². The van der Waals surface area contributed by atoms with Gasteiger partial charge in [-0.25, -0.2) is 4.79 Å². The van der Waals surface area contributed by atoms with Crippen molar-refractivity contribution in [1.82, 2.24) is 14.7 Å². The Balaban J connectivity index is 1.82. The van der Waals surface area contributed by atoms with Crippen LogP contribution in [0.5, 0.6) is 5.75 Å². The van der Waals surface area contributed by atoms with Gasteiger partial charge >= 0.3 is 5.97 Å². The molecule has 2 heterocycles. The molecule has 4 aromatic rings. The van der Waals surface area contributed by atoms with Gasteiger partial charge in [-0.1, -0.05) is 29.4 Å². The normalized spacial score (nSPS) is 11.0. The summed E-state index contributed by atoms with van der Waals surface area (Å²) in [7, 11) is 1.31. The maximum atomic E-state index is 13.0. The molecule has 8 nitrogen and oxygen atoms in total. The molecule has 146 valence electrons. The third kappa shape index (κ3) is 3.04. The summed E-state index contributed by atoms with van der Waals surface area (Å²) < 4.78 is 11.5. The number of carbonyl (C=O) groups excluding carboxylic acids is 1. The molecule has 0 radical (unpaired) electrons. The molecular formula is C21H17N3O5. The average molecular weight is 391 g/mol. The van der Waals surface area contributed by atoms with Crippen LogP contribution in [-0.4, -0.2) is 32.9 Å². The minimum atomic E-state index is -0.452. The van der Waals surface area contributed by atoms with Gasteiger partial charge in [-0.05, 0) is 31.2 Å². The molecule has 0 amide bonds. The van der Waals surface area contributed by atoms with E-state index >= 15 is 0 Å². The van der Waals surface area contributed by atoms with Crippen molar-refractivity contribution in [1.29, 1.82) is 0 Å². The van der Waals surface area contributed by atoms with Gasteiger partial charge in [-0.15, -0.1) is 0 Å². The van der Waals surface area contributed by atoms with Crippen LogP contribution in [-0.2, 0) is 11.3 Å². The van der Waals surface area contributed by atoms with Gasteiger partial charge < -0.3 is 18.9 Å². The number of methoxy groups -OCH3 is 1. The second-order valence-corrected chi connectivity index (χ2v) is 6.28. The van der Waals surface area contributed by atoms with Crippen molar-refractivity contribution in [2.45, 2.75) is 13.5 Å². The third-order valence-electron chi connectivity index (χ3n) is 4.67. The first kappa shape index (κ1) is 18.4.